The van der Waals surface area contributed by atoms with Crippen molar-refractivity contribution in [2.45, 2.75) is 13.3 Å². The SMILES string of the molecule is CC1CC(=O)N(C)N=C1c1ccc(NC(=O)c2cc3ccccc3cn2)cc1. The van der Waals surface area contributed by atoms with E-state index in [1.165, 1.54) is 5.01 Å². The average Bonchev–Trinajstić information content (AvgIpc) is 2.71. The molecule has 6 nitrogen and oxygen atoms in total. The van der Waals surface area contributed by atoms with Crippen molar-refractivity contribution in [2.24, 2.45) is 11.0 Å². The zero-order valence-electron chi connectivity index (χ0n) is 15.7. The fraction of sp³-hybridized carbons (Fsp3) is 0.182. The quantitative estimate of drug-likeness (QED) is 0.762. The number of anilines is 1. The van der Waals surface area contributed by atoms with Gasteiger partial charge in [-0.1, -0.05) is 43.3 Å². The minimum Gasteiger partial charge on any atom is -0.321 e. The highest BCUT2D eigenvalue weighted by Crippen LogP contribution is 2.21. The molecule has 2 amide bonds. The number of hydrogen-bond donors (Lipinski definition) is 1. The van der Waals surface area contributed by atoms with Crippen LogP contribution in [0.25, 0.3) is 10.8 Å². The Morgan fingerprint density at radius 3 is 2.57 bits per heavy atom. The van der Waals surface area contributed by atoms with Gasteiger partial charge < -0.3 is 5.32 Å². The second-order valence-corrected chi connectivity index (χ2v) is 6.96. The topological polar surface area (TPSA) is 74.7 Å². The number of nitrogens with zero attached hydrogens (tertiary/aromatic N) is 3. The van der Waals surface area contributed by atoms with Gasteiger partial charge in [-0.05, 0) is 29.1 Å². The molecule has 0 saturated carbocycles. The summed E-state index contributed by atoms with van der Waals surface area (Å²) in [5.74, 6) is -0.179. The van der Waals surface area contributed by atoms with E-state index in [0.717, 1.165) is 22.0 Å². The third-order valence-corrected chi connectivity index (χ3v) is 4.87. The van der Waals surface area contributed by atoms with Crippen molar-refractivity contribution in [2.75, 3.05) is 12.4 Å². The average molecular weight is 372 g/mol. The minimum atomic E-state index is -0.257. The molecule has 0 spiro atoms. The van der Waals surface area contributed by atoms with Gasteiger partial charge in [0.05, 0.1) is 5.71 Å². The molecule has 0 saturated heterocycles. The molecule has 1 aromatic heterocycles. The Morgan fingerprint density at radius 1 is 1.11 bits per heavy atom. The van der Waals surface area contributed by atoms with E-state index in [9.17, 15) is 9.59 Å². The number of pyridine rings is 1. The van der Waals surface area contributed by atoms with E-state index < -0.39 is 0 Å². The smallest absolute Gasteiger partial charge is 0.274 e. The zero-order valence-corrected chi connectivity index (χ0v) is 15.7. The number of fused-ring (bicyclic) bond motifs is 1. The molecule has 2 aromatic carbocycles. The van der Waals surface area contributed by atoms with E-state index in [-0.39, 0.29) is 17.7 Å². The lowest BCUT2D eigenvalue weighted by Crippen LogP contribution is -2.33. The molecule has 140 valence electrons. The molecular formula is C22H20N4O2. The highest BCUT2D eigenvalue weighted by molar-refractivity contribution is 6.07. The van der Waals surface area contributed by atoms with Crippen LogP contribution in [0.5, 0.6) is 0 Å². The Balaban J connectivity index is 1.52. The largest absolute Gasteiger partial charge is 0.321 e. The molecule has 0 aliphatic carbocycles. The summed E-state index contributed by atoms with van der Waals surface area (Å²) in [6.07, 6.45) is 2.15. The summed E-state index contributed by atoms with van der Waals surface area (Å²) in [6.45, 7) is 1.99. The number of carbonyl (C=O) groups is 2. The number of aromatic nitrogens is 1. The van der Waals surface area contributed by atoms with Crippen LogP contribution in [0.1, 0.15) is 29.4 Å². The van der Waals surface area contributed by atoms with Crippen molar-refractivity contribution in [3.8, 4) is 0 Å². The van der Waals surface area contributed by atoms with Gasteiger partial charge in [0.2, 0.25) is 5.91 Å². The summed E-state index contributed by atoms with van der Waals surface area (Å²) in [6, 6.07) is 17.0. The van der Waals surface area contributed by atoms with Gasteiger partial charge in [-0.2, -0.15) is 5.10 Å². The van der Waals surface area contributed by atoms with Crippen molar-refractivity contribution >= 4 is 34.0 Å². The number of rotatable bonds is 3. The van der Waals surface area contributed by atoms with Crippen LogP contribution in [0.2, 0.25) is 0 Å². The number of hydrazone groups is 1. The predicted octanol–water partition coefficient (Wildman–Crippen LogP) is 3.69. The minimum absolute atomic E-state index is 0.0167. The molecule has 1 unspecified atom stereocenters. The van der Waals surface area contributed by atoms with Crippen LogP contribution in [0.4, 0.5) is 5.69 Å². The first-order valence-corrected chi connectivity index (χ1v) is 9.13. The molecule has 0 fully saturated rings. The Bertz CT molecular complexity index is 1090. The summed E-state index contributed by atoms with van der Waals surface area (Å²) < 4.78 is 0. The third kappa shape index (κ3) is 3.49. The molecule has 1 atom stereocenters. The van der Waals surface area contributed by atoms with Crippen LogP contribution in [0, 0.1) is 5.92 Å². The van der Waals surface area contributed by atoms with Gasteiger partial charge in [0.1, 0.15) is 5.69 Å². The van der Waals surface area contributed by atoms with Gasteiger partial charge in [0.25, 0.3) is 5.91 Å². The molecular weight excluding hydrogens is 352 g/mol. The van der Waals surface area contributed by atoms with Crippen LogP contribution in [0.15, 0.2) is 65.9 Å². The van der Waals surface area contributed by atoms with Gasteiger partial charge in [-0.15, -0.1) is 0 Å². The van der Waals surface area contributed by atoms with Crippen molar-refractivity contribution in [3.63, 3.8) is 0 Å². The van der Waals surface area contributed by atoms with Crippen molar-refractivity contribution < 1.29 is 9.59 Å². The lowest BCUT2D eigenvalue weighted by molar-refractivity contribution is -0.131. The van der Waals surface area contributed by atoms with Gasteiger partial charge in [-0.3, -0.25) is 14.6 Å². The maximum Gasteiger partial charge on any atom is 0.274 e. The molecule has 1 aliphatic rings. The molecule has 3 aromatic rings. The maximum atomic E-state index is 12.5. The van der Waals surface area contributed by atoms with Crippen LogP contribution in [-0.4, -0.2) is 34.6 Å². The van der Waals surface area contributed by atoms with E-state index in [1.807, 2.05) is 55.5 Å². The lowest BCUT2D eigenvalue weighted by atomic mass is 9.94. The zero-order chi connectivity index (χ0) is 19.7. The predicted molar refractivity (Wildman–Crippen MR) is 109 cm³/mol. The van der Waals surface area contributed by atoms with Crippen LogP contribution in [-0.2, 0) is 4.79 Å². The second kappa shape index (κ2) is 7.23. The molecule has 28 heavy (non-hydrogen) atoms. The highest BCUT2D eigenvalue weighted by atomic mass is 16.2. The summed E-state index contributed by atoms with van der Waals surface area (Å²) in [7, 11) is 1.67. The van der Waals surface area contributed by atoms with Gasteiger partial charge in [0, 0.05) is 36.7 Å². The summed E-state index contributed by atoms with van der Waals surface area (Å²) >= 11 is 0. The normalized spacial score (nSPS) is 16.8. The van der Waals surface area contributed by atoms with Crippen LogP contribution in [0.3, 0.4) is 0 Å². The first-order chi connectivity index (χ1) is 13.5. The van der Waals surface area contributed by atoms with E-state index in [4.69, 9.17) is 0 Å². The maximum absolute atomic E-state index is 12.5. The van der Waals surface area contributed by atoms with E-state index in [2.05, 4.69) is 15.4 Å². The van der Waals surface area contributed by atoms with Gasteiger partial charge >= 0.3 is 0 Å². The molecule has 1 aliphatic heterocycles. The van der Waals surface area contributed by atoms with Gasteiger partial charge in [-0.25, -0.2) is 5.01 Å². The highest BCUT2D eigenvalue weighted by Gasteiger charge is 2.25. The summed E-state index contributed by atoms with van der Waals surface area (Å²) in [4.78, 5) is 28.5. The Labute approximate surface area is 162 Å². The van der Waals surface area contributed by atoms with Crippen LogP contribution < -0.4 is 5.32 Å². The first kappa shape index (κ1) is 17.9. The second-order valence-electron chi connectivity index (χ2n) is 6.96. The molecule has 6 heteroatoms. The van der Waals surface area contributed by atoms with Crippen molar-refractivity contribution in [1.29, 1.82) is 0 Å². The third-order valence-electron chi connectivity index (χ3n) is 4.87. The molecule has 0 radical (unpaired) electrons. The lowest BCUT2D eigenvalue weighted by Gasteiger charge is -2.24. The van der Waals surface area contributed by atoms with E-state index in [1.54, 1.807) is 19.3 Å². The number of hydrogen-bond acceptors (Lipinski definition) is 4. The Hall–Kier alpha value is -3.54. The van der Waals surface area contributed by atoms with Gasteiger partial charge in [0.15, 0.2) is 0 Å². The Morgan fingerprint density at radius 2 is 1.82 bits per heavy atom. The fourth-order valence-corrected chi connectivity index (χ4v) is 3.28. The van der Waals surface area contributed by atoms with E-state index >= 15 is 0 Å². The number of carbonyl (C=O) groups excluding carboxylic acids is 2. The molecule has 4 rings (SSSR count). The summed E-state index contributed by atoms with van der Waals surface area (Å²) in [5, 5.41) is 10.6. The van der Waals surface area contributed by atoms with Crippen molar-refractivity contribution in [1.82, 2.24) is 9.99 Å². The van der Waals surface area contributed by atoms with E-state index in [0.29, 0.717) is 17.8 Å². The molecule has 1 N–H and O–H groups in total. The van der Waals surface area contributed by atoms with Crippen molar-refractivity contribution in [3.05, 3.63) is 72.1 Å². The molecule has 2 heterocycles. The van der Waals surface area contributed by atoms with Crippen LogP contribution >= 0.6 is 0 Å². The Kier molecular flexibility index (Phi) is 4.61. The standard InChI is InChI=1S/C22H20N4O2/c1-14-11-20(27)26(2)25-21(14)15-7-9-18(10-8-15)24-22(28)19-12-16-5-3-4-6-17(16)13-23-19/h3-10,12-14H,11H2,1-2H3,(H,24,28). The number of amides is 2. The number of benzene rings is 2. The molecule has 0 bridgehead atoms. The first-order valence-electron chi connectivity index (χ1n) is 9.13. The fourth-order valence-electron chi connectivity index (χ4n) is 3.28. The number of nitrogens with one attached hydrogen (secondary N) is 1. The summed E-state index contributed by atoms with van der Waals surface area (Å²) in [5.41, 5.74) is 2.86. The monoisotopic (exact) mass is 372 g/mol.